The molecule has 0 saturated carbocycles. The predicted octanol–water partition coefficient (Wildman–Crippen LogP) is 4.05. The summed E-state index contributed by atoms with van der Waals surface area (Å²) in [5.74, 6) is 0. The number of fused-ring (bicyclic) bond motifs is 1. The predicted molar refractivity (Wildman–Crippen MR) is 96.2 cm³/mol. The zero-order valence-electron chi connectivity index (χ0n) is 14.1. The van der Waals surface area contributed by atoms with Gasteiger partial charge in [-0.15, -0.1) is 0 Å². The first-order chi connectivity index (χ1) is 11.3. The van der Waals surface area contributed by atoms with Crippen LogP contribution in [0.25, 0.3) is 10.9 Å². The number of nitriles is 1. The summed E-state index contributed by atoms with van der Waals surface area (Å²) in [6, 6.07) is 7.38. The lowest BCUT2D eigenvalue weighted by Gasteiger charge is -2.29. The highest BCUT2D eigenvalue weighted by atomic mass is 32.2. The van der Waals surface area contributed by atoms with E-state index < -0.39 is 14.8 Å². The maximum Gasteiger partial charge on any atom is 0.248 e. The van der Waals surface area contributed by atoms with Gasteiger partial charge in [0.1, 0.15) is 4.75 Å². The molecule has 0 saturated heterocycles. The molecule has 1 atom stereocenters. The van der Waals surface area contributed by atoms with Crippen LogP contribution in [-0.2, 0) is 10.0 Å². The average molecular weight is 340 g/mol. The Kier molecular flexibility index (Phi) is 3.89. The molecule has 124 valence electrons. The fourth-order valence-electron chi connectivity index (χ4n) is 3.26. The van der Waals surface area contributed by atoms with Crippen molar-refractivity contribution in [3.63, 3.8) is 0 Å². The molecule has 5 heteroatoms. The van der Waals surface area contributed by atoms with Crippen LogP contribution in [0, 0.1) is 18.3 Å². The first-order valence-corrected chi connectivity index (χ1v) is 9.42. The summed E-state index contributed by atoms with van der Waals surface area (Å²) in [7, 11) is -3.66. The zero-order valence-corrected chi connectivity index (χ0v) is 14.9. The van der Waals surface area contributed by atoms with Crippen molar-refractivity contribution in [1.82, 2.24) is 3.97 Å². The van der Waals surface area contributed by atoms with Gasteiger partial charge in [-0.25, -0.2) is 12.4 Å². The van der Waals surface area contributed by atoms with Crippen molar-refractivity contribution in [2.75, 3.05) is 0 Å². The molecule has 1 aromatic carbocycles. The van der Waals surface area contributed by atoms with E-state index in [4.69, 9.17) is 0 Å². The summed E-state index contributed by atoms with van der Waals surface area (Å²) < 4.78 is 27.2. The van der Waals surface area contributed by atoms with E-state index in [0.717, 1.165) is 17.6 Å². The van der Waals surface area contributed by atoms with Crippen molar-refractivity contribution in [2.45, 2.75) is 38.4 Å². The minimum Gasteiger partial charge on any atom is -0.244 e. The number of aromatic nitrogens is 1. The van der Waals surface area contributed by atoms with E-state index in [-0.39, 0.29) is 0 Å². The van der Waals surface area contributed by atoms with Crippen LogP contribution < -0.4 is 0 Å². The molecule has 0 radical (unpaired) electrons. The highest BCUT2D eigenvalue weighted by Crippen LogP contribution is 2.35. The van der Waals surface area contributed by atoms with Crippen molar-refractivity contribution >= 4 is 20.9 Å². The van der Waals surface area contributed by atoms with Crippen LogP contribution in [0.15, 0.2) is 48.2 Å². The van der Waals surface area contributed by atoms with Crippen molar-refractivity contribution in [3.05, 3.63) is 59.3 Å². The van der Waals surface area contributed by atoms with Gasteiger partial charge < -0.3 is 0 Å². The molecule has 0 bridgehead atoms. The summed E-state index contributed by atoms with van der Waals surface area (Å²) in [6.45, 7) is 5.64. The van der Waals surface area contributed by atoms with Gasteiger partial charge in [-0.3, -0.25) is 0 Å². The number of benzene rings is 1. The highest BCUT2D eigenvalue weighted by molar-refractivity contribution is 7.91. The molecule has 0 spiro atoms. The zero-order chi connectivity index (χ0) is 17.5. The second-order valence-electron chi connectivity index (χ2n) is 6.41. The van der Waals surface area contributed by atoms with Gasteiger partial charge in [-0.2, -0.15) is 5.26 Å². The Hall–Kier alpha value is -2.32. The number of rotatable bonds is 3. The van der Waals surface area contributed by atoms with Gasteiger partial charge in [0.2, 0.25) is 10.0 Å². The smallest absolute Gasteiger partial charge is 0.244 e. The SMILES string of the molecule is CCC1=CC(C)(S(=O)(=O)n2ccc3c(C#N)ccc(C)c32)CC=C1. The molecule has 1 aromatic heterocycles. The maximum atomic E-state index is 13.4. The van der Waals surface area contributed by atoms with E-state index in [1.54, 1.807) is 31.3 Å². The van der Waals surface area contributed by atoms with Crippen LogP contribution in [-0.4, -0.2) is 17.1 Å². The van der Waals surface area contributed by atoms with Crippen LogP contribution in [0.4, 0.5) is 0 Å². The Morgan fingerprint density at radius 2 is 2.08 bits per heavy atom. The summed E-state index contributed by atoms with van der Waals surface area (Å²) in [5.41, 5.74) is 2.95. The molecule has 1 aliphatic rings. The third-order valence-electron chi connectivity index (χ3n) is 4.74. The normalized spacial score (nSPS) is 20.8. The van der Waals surface area contributed by atoms with Crippen LogP contribution in [0.2, 0.25) is 0 Å². The minimum atomic E-state index is -3.66. The molecule has 0 aliphatic heterocycles. The fourth-order valence-corrected chi connectivity index (χ4v) is 5.02. The molecule has 2 aromatic rings. The number of nitrogens with zero attached hydrogens (tertiary/aromatic N) is 2. The van der Waals surface area contributed by atoms with Crippen molar-refractivity contribution in [3.8, 4) is 6.07 Å². The Morgan fingerprint density at radius 3 is 2.75 bits per heavy atom. The Bertz CT molecular complexity index is 1020. The molecule has 3 rings (SSSR count). The van der Waals surface area contributed by atoms with Crippen molar-refractivity contribution in [1.29, 1.82) is 5.26 Å². The lowest BCUT2D eigenvalue weighted by molar-refractivity contribution is 0.553. The number of hydrogen-bond donors (Lipinski definition) is 0. The largest absolute Gasteiger partial charge is 0.248 e. The first-order valence-electron chi connectivity index (χ1n) is 7.98. The molecule has 1 aliphatic carbocycles. The van der Waals surface area contributed by atoms with Crippen LogP contribution in [0.1, 0.15) is 37.8 Å². The van der Waals surface area contributed by atoms with Crippen LogP contribution in [0.5, 0.6) is 0 Å². The summed E-state index contributed by atoms with van der Waals surface area (Å²) >= 11 is 0. The molecule has 0 fully saturated rings. The quantitative estimate of drug-likeness (QED) is 0.846. The molecule has 0 amide bonds. The van der Waals surface area contributed by atoms with Crippen molar-refractivity contribution < 1.29 is 8.42 Å². The Labute approximate surface area is 142 Å². The van der Waals surface area contributed by atoms with Crippen LogP contribution >= 0.6 is 0 Å². The van der Waals surface area contributed by atoms with E-state index in [0.29, 0.717) is 22.9 Å². The van der Waals surface area contributed by atoms with Gasteiger partial charge in [0.05, 0.1) is 17.1 Å². The number of aryl methyl sites for hydroxylation is 1. The van der Waals surface area contributed by atoms with E-state index in [1.807, 2.05) is 32.1 Å². The molecular formula is C19H20N2O2S. The number of hydrogen-bond acceptors (Lipinski definition) is 3. The van der Waals surface area contributed by atoms with E-state index in [9.17, 15) is 13.7 Å². The van der Waals surface area contributed by atoms with E-state index >= 15 is 0 Å². The Morgan fingerprint density at radius 1 is 1.33 bits per heavy atom. The standard InChI is InChI=1S/C19H20N2O2S/c1-4-15-6-5-10-19(3,12-15)24(22,23)21-11-9-17-16(13-20)8-7-14(2)18(17)21/h5-9,11-12H,4,10H2,1-3H3. The molecular weight excluding hydrogens is 320 g/mol. The fraction of sp³-hybridized carbons (Fsp3) is 0.316. The van der Waals surface area contributed by atoms with Crippen molar-refractivity contribution in [2.24, 2.45) is 0 Å². The summed E-state index contributed by atoms with van der Waals surface area (Å²) in [5, 5.41) is 9.95. The summed E-state index contributed by atoms with van der Waals surface area (Å²) in [4.78, 5) is 0. The summed E-state index contributed by atoms with van der Waals surface area (Å²) in [6.07, 6.45) is 8.58. The lowest BCUT2D eigenvalue weighted by atomic mass is 9.96. The molecule has 1 heterocycles. The van der Waals surface area contributed by atoms with Gasteiger partial charge in [0, 0.05) is 11.6 Å². The van der Waals surface area contributed by atoms with Gasteiger partial charge in [0.25, 0.3) is 0 Å². The van der Waals surface area contributed by atoms with E-state index in [1.165, 1.54) is 3.97 Å². The Balaban J connectivity index is 2.26. The van der Waals surface area contributed by atoms with Crippen LogP contribution in [0.3, 0.4) is 0 Å². The second-order valence-corrected chi connectivity index (χ2v) is 8.69. The first kappa shape index (κ1) is 16.5. The van der Waals surface area contributed by atoms with E-state index in [2.05, 4.69) is 6.07 Å². The minimum absolute atomic E-state index is 0.440. The van der Waals surface area contributed by atoms with Gasteiger partial charge >= 0.3 is 0 Å². The molecule has 1 unspecified atom stereocenters. The monoisotopic (exact) mass is 340 g/mol. The molecule has 0 N–H and O–H groups in total. The third kappa shape index (κ3) is 2.30. The number of allylic oxidation sites excluding steroid dienone is 3. The van der Waals surface area contributed by atoms with Gasteiger partial charge in [-0.1, -0.05) is 36.8 Å². The molecule has 4 nitrogen and oxygen atoms in total. The second kappa shape index (κ2) is 5.64. The maximum absolute atomic E-state index is 13.4. The molecule has 24 heavy (non-hydrogen) atoms. The lowest BCUT2D eigenvalue weighted by Crippen LogP contribution is -2.38. The third-order valence-corrected chi connectivity index (χ3v) is 7.02. The van der Waals surface area contributed by atoms with Gasteiger partial charge in [-0.05, 0) is 44.4 Å². The average Bonchev–Trinajstić information content (AvgIpc) is 3.02. The van der Waals surface area contributed by atoms with Gasteiger partial charge in [0.15, 0.2) is 0 Å². The topological polar surface area (TPSA) is 62.9 Å². The highest BCUT2D eigenvalue weighted by Gasteiger charge is 2.39.